The molecule has 1 saturated heterocycles. The summed E-state index contributed by atoms with van der Waals surface area (Å²) in [5.74, 6) is 1.46. The highest BCUT2D eigenvalue weighted by atomic mass is 19.1. The van der Waals surface area contributed by atoms with Crippen LogP contribution in [0.3, 0.4) is 0 Å². The zero-order valence-corrected chi connectivity index (χ0v) is 29.2. The van der Waals surface area contributed by atoms with Gasteiger partial charge in [0.05, 0.1) is 30.2 Å². The summed E-state index contributed by atoms with van der Waals surface area (Å²) in [6.07, 6.45) is 6.59. The first-order chi connectivity index (χ1) is 24.0. The number of benzene rings is 2. The van der Waals surface area contributed by atoms with E-state index in [1.54, 1.807) is 12.1 Å². The van der Waals surface area contributed by atoms with Gasteiger partial charge in [0, 0.05) is 23.6 Å². The smallest absolute Gasteiger partial charge is 0.320 e. The van der Waals surface area contributed by atoms with Crippen LogP contribution in [0, 0.1) is 5.82 Å². The molecule has 262 valence electrons. The van der Waals surface area contributed by atoms with E-state index < -0.39 is 11.8 Å². The standard InChI is InChI=1S/C38H45FN8O3/c1-23-9-8-10-24(2)46(23)37-43-42-34-16-13-28(21-45(34)37)50-32-15-14-31(29-11-6-7-12-30(29)32)40-36(49)41-35-20-33(38(3,4)5)44-47(35)27-18-25(22-48)17-26(39)19-27/h6-7,11-13,16-21,23-24,31-32,48H,8-10,14-15,22H2,1-5H3,(H2,40,41,49)/t23-,24+,31-,32+/m0/s1. The van der Waals surface area contributed by atoms with Crippen LogP contribution in [0.15, 0.2) is 66.9 Å². The third-order valence-electron chi connectivity index (χ3n) is 9.89. The molecule has 1 aliphatic carbocycles. The van der Waals surface area contributed by atoms with Crippen molar-refractivity contribution in [2.45, 2.75) is 103 Å². The van der Waals surface area contributed by atoms with Crippen LogP contribution in [0.1, 0.15) is 101 Å². The van der Waals surface area contributed by atoms with Gasteiger partial charge in [-0.05, 0) is 93.0 Å². The summed E-state index contributed by atoms with van der Waals surface area (Å²) in [7, 11) is 0. The number of rotatable bonds is 7. The average molecular weight is 681 g/mol. The van der Waals surface area contributed by atoms with E-state index in [1.165, 1.54) is 23.2 Å². The van der Waals surface area contributed by atoms with Crippen molar-refractivity contribution in [1.82, 2.24) is 29.7 Å². The fraction of sp³-hybridized carbons (Fsp3) is 0.421. The molecule has 0 radical (unpaired) electrons. The Balaban J connectivity index is 1.10. The predicted molar refractivity (Wildman–Crippen MR) is 190 cm³/mol. The van der Waals surface area contributed by atoms with Gasteiger partial charge in [0.1, 0.15) is 23.5 Å². The molecule has 0 saturated carbocycles. The van der Waals surface area contributed by atoms with E-state index in [0.717, 1.165) is 47.0 Å². The molecule has 1 fully saturated rings. The largest absolute Gasteiger partial charge is 0.484 e. The summed E-state index contributed by atoms with van der Waals surface area (Å²) in [5, 5.41) is 29.5. The number of anilines is 2. The molecule has 2 aromatic carbocycles. The Morgan fingerprint density at radius 3 is 2.48 bits per heavy atom. The molecule has 50 heavy (non-hydrogen) atoms. The number of aromatic nitrogens is 5. The van der Waals surface area contributed by atoms with Gasteiger partial charge in [-0.3, -0.25) is 9.72 Å². The third kappa shape index (κ3) is 6.64. The number of aliphatic hydroxyl groups is 1. The molecule has 0 unspecified atom stereocenters. The van der Waals surface area contributed by atoms with Crippen molar-refractivity contribution in [3.05, 3.63) is 95.1 Å². The predicted octanol–water partition coefficient (Wildman–Crippen LogP) is 7.39. The number of nitrogens with one attached hydrogen (secondary N) is 2. The molecule has 0 spiro atoms. The number of hydrogen-bond acceptors (Lipinski definition) is 7. The first-order valence-corrected chi connectivity index (χ1v) is 17.5. The van der Waals surface area contributed by atoms with Gasteiger partial charge in [-0.2, -0.15) is 5.10 Å². The van der Waals surface area contributed by atoms with Crippen LogP contribution in [0.4, 0.5) is 21.0 Å². The van der Waals surface area contributed by atoms with E-state index in [1.807, 2.05) is 61.7 Å². The monoisotopic (exact) mass is 680 g/mol. The zero-order chi connectivity index (χ0) is 35.2. The highest BCUT2D eigenvalue weighted by molar-refractivity contribution is 5.89. The molecule has 1 aliphatic heterocycles. The molecular weight excluding hydrogens is 635 g/mol. The molecule has 12 heteroatoms. The van der Waals surface area contributed by atoms with E-state index in [4.69, 9.17) is 9.84 Å². The highest BCUT2D eigenvalue weighted by Crippen LogP contribution is 2.39. The van der Waals surface area contributed by atoms with Gasteiger partial charge in [0.15, 0.2) is 5.65 Å². The second-order valence-corrected chi connectivity index (χ2v) is 14.6. The van der Waals surface area contributed by atoms with Gasteiger partial charge in [-0.25, -0.2) is 13.9 Å². The Bertz CT molecular complexity index is 2010. The fourth-order valence-corrected chi connectivity index (χ4v) is 7.30. The first kappa shape index (κ1) is 33.5. The minimum Gasteiger partial charge on any atom is -0.484 e. The van der Waals surface area contributed by atoms with Crippen LogP contribution in [-0.2, 0) is 12.0 Å². The topological polar surface area (TPSA) is 122 Å². The molecule has 3 N–H and O–H groups in total. The SMILES string of the molecule is C[C@@H]1CCC[C@H](C)N1c1nnc2ccc(O[C@@H]3CC[C@H](NC(=O)Nc4cc(C(C)(C)C)nn4-c4cc(F)cc(CO)c4)c4ccccc43)cn12. The molecule has 2 amide bonds. The van der Waals surface area contributed by atoms with E-state index in [9.17, 15) is 14.3 Å². The Kier molecular flexibility index (Phi) is 8.98. The van der Waals surface area contributed by atoms with Crippen LogP contribution in [0.2, 0.25) is 0 Å². The lowest BCUT2D eigenvalue weighted by atomic mass is 9.85. The maximum atomic E-state index is 14.5. The van der Waals surface area contributed by atoms with Crippen LogP contribution in [0.5, 0.6) is 5.75 Å². The maximum Gasteiger partial charge on any atom is 0.320 e. The fourth-order valence-electron chi connectivity index (χ4n) is 7.30. The molecule has 7 rings (SSSR count). The summed E-state index contributed by atoms with van der Waals surface area (Å²) >= 11 is 0. The van der Waals surface area contributed by atoms with E-state index in [0.29, 0.717) is 42.0 Å². The summed E-state index contributed by atoms with van der Waals surface area (Å²) in [5.41, 5.74) is 3.99. The summed E-state index contributed by atoms with van der Waals surface area (Å²) in [4.78, 5) is 15.9. The highest BCUT2D eigenvalue weighted by Gasteiger charge is 2.31. The lowest BCUT2D eigenvalue weighted by molar-refractivity contribution is 0.171. The normalized spacial score (nSPS) is 20.8. The van der Waals surface area contributed by atoms with Crippen molar-refractivity contribution in [2.24, 2.45) is 0 Å². The number of halogens is 1. The van der Waals surface area contributed by atoms with Crippen molar-refractivity contribution >= 4 is 23.4 Å². The van der Waals surface area contributed by atoms with Crippen LogP contribution in [0.25, 0.3) is 11.3 Å². The number of hydrogen-bond donors (Lipinski definition) is 3. The van der Waals surface area contributed by atoms with Crippen molar-refractivity contribution in [1.29, 1.82) is 0 Å². The molecule has 0 bridgehead atoms. The van der Waals surface area contributed by atoms with Crippen molar-refractivity contribution in [3.63, 3.8) is 0 Å². The number of fused-ring (bicyclic) bond motifs is 2. The number of pyridine rings is 1. The van der Waals surface area contributed by atoms with Gasteiger partial charge in [-0.1, -0.05) is 45.0 Å². The molecule has 4 atom stereocenters. The van der Waals surface area contributed by atoms with E-state index in [-0.39, 0.29) is 24.2 Å². The third-order valence-corrected chi connectivity index (χ3v) is 9.89. The second kappa shape index (κ2) is 13.4. The molecule has 11 nitrogen and oxygen atoms in total. The lowest BCUT2D eigenvalue weighted by Gasteiger charge is -2.39. The molecular formula is C38H45FN8O3. The quantitative estimate of drug-likeness (QED) is 0.164. The average Bonchev–Trinajstić information content (AvgIpc) is 3.70. The second-order valence-electron chi connectivity index (χ2n) is 14.6. The Morgan fingerprint density at radius 2 is 1.74 bits per heavy atom. The first-order valence-electron chi connectivity index (χ1n) is 17.5. The Hall–Kier alpha value is -4.97. The van der Waals surface area contributed by atoms with Gasteiger partial charge in [0.2, 0.25) is 5.95 Å². The number of ether oxygens (including phenoxy) is 1. The van der Waals surface area contributed by atoms with Gasteiger partial charge >= 0.3 is 6.03 Å². The number of urea groups is 1. The van der Waals surface area contributed by atoms with Gasteiger partial charge in [-0.15, -0.1) is 10.2 Å². The van der Waals surface area contributed by atoms with Crippen LogP contribution >= 0.6 is 0 Å². The van der Waals surface area contributed by atoms with E-state index >= 15 is 0 Å². The van der Waals surface area contributed by atoms with Crippen LogP contribution < -0.4 is 20.3 Å². The van der Waals surface area contributed by atoms with Crippen molar-refractivity contribution < 1.29 is 19.0 Å². The number of carbonyl (C=O) groups excluding carboxylic acids is 1. The zero-order valence-electron chi connectivity index (χ0n) is 29.2. The Morgan fingerprint density at radius 1 is 0.980 bits per heavy atom. The number of carbonyl (C=O) groups is 1. The van der Waals surface area contributed by atoms with Gasteiger partial charge in [0.25, 0.3) is 0 Å². The minimum atomic E-state index is -0.501. The summed E-state index contributed by atoms with van der Waals surface area (Å²) in [6.45, 7) is 10.2. The lowest BCUT2D eigenvalue weighted by Crippen LogP contribution is -2.44. The maximum absolute atomic E-state index is 14.5. The number of nitrogens with zero attached hydrogens (tertiary/aromatic N) is 6. The summed E-state index contributed by atoms with van der Waals surface area (Å²) < 4.78 is 24.6. The number of piperidine rings is 1. The molecule has 2 aliphatic rings. The number of amides is 2. The van der Waals surface area contributed by atoms with Gasteiger partial charge < -0.3 is 20.1 Å². The van der Waals surface area contributed by atoms with Crippen molar-refractivity contribution in [2.75, 3.05) is 10.2 Å². The minimum absolute atomic E-state index is 0.206. The summed E-state index contributed by atoms with van der Waals surface area (Å²) in [6, 6.07) is 18.1. The molecule has 3 aromatic heterocycles. The number of aliphatic hydroxyl groups excluding tert-OH is 1. The van der Waals surface area contributed by atoms with E-state index in [2.05, 4.69) is 45.6 Å². The van der Waals surface area contributed by atoms with Crippen molar-refractivity contribution in [3.8, 4) is 11.4 Å². The molecule has 5 aromatic rings. The Labute approximate surface area is 291 Å². The van der Waals surface area contributed by atoms with Crippen LogP contribution in [-0.4, -0.2) is 47.6 Å². The molecule has 4 heterocycles.